The molecule has 22 heavy (non-hydrogen) atoms. The maximum atomic E-state index is 12.6. The number of hydrogen-bond donors (Lipinski definition) is 0. The molecular formula is C17H24N2O3. The maximum Gasteiger partial charge on any atom is 0.253 e. The van der Waals surface area contributed by atoms with E-state index < -0.39 is 0 Å². The molecule has 1 aromatic rings. The highest BCUT2D eigenvalue weighted by Gasteiger charge is 2.21. The lowest BCUT2D eigenvalue weighted by Crippen LogP contribution is -2.36. The van der Waals surface area contributed by atoms with Crippen molar-refractivity contribution in [1.29, 1.82) is 0 Å². The summed E-state index contributed by atoms with van der Waals surface area (Å²) >= 11 is 0. The van der Waals surface area contributed by atoms with Crippen LogP contribution in [0.25, 0.3) is 0 Å². The van der Waals surface area contributed by atoms with E-state index in [1.54, 1.807) is 11.8 Å². The normalized spacial score (nSPS) is 15.4. The first-order chi connectivity index (χ1) is 10.5. The van der Waals surface area contributed by atoms with Gasteiger partial charge in [-0.1, -0.05) is 0 Å². The van der Waals surface area contributed by atoms with E-state index in [1.807, 2.05) is 36.9 Å². The maximum absolute atomic E-state index is 12.6. The third kappa shape index (κ3) is 3.78. The van der Waals surface area contributed by atoms with Gasteiger partial charge >= 0.3 is 0 Å². The second-order valence-electron chi connectivity index (χ2n) is 5.57. The SMILES string of the molecule is CCOc1ccc(C(=O)N2CCCN(C(C)=O)CC2)cc1C. The standard InChI is InChI=1S/C17H24N2O3/c1-4-22-16-7-6-15(12-13(16)2)17(21)19-9-5-8-18(10-11-19)14(3)20/h6-7,12H,4-5,8-11H2,1-3H3. The zero-order valence-corrected chi connectivity index (χ0v) is 13.6. The highest BCUT2D eigenvalue weighted by atomic mass is 16.5. The van der Waals surface area contributed by atoms with Gasteiger partial charge in [0.2, 0.25) is 5.91 Å². The van der Waals surface area contributed by atoms with Crippen LogP contribution in [-0.2, 0) is 4.79 Å². The Balaban J connectivity index is 2.08. The van der Waals surface area contributed by atoms with Crippen molar-refractivity contribution < 1.29 is 14.3 Å². The molecule has 0 bridgehead atoms. The van der Waals surface area contributed by atoms with Crippen LogP contribution in [0.3, 0.4) is 0 Å². The Morgan fingerprint density at radius 2 is 1.82 bits per heavy atom. The van der Waals surface area contributed by atoms with Gasteiger partial charge in [0.1, 0.15) is 5.75 Å². The van der Waals surface area contributed by atoms with Gasteiger partial charge in [0.25, 0.3) is 5.91 Å². The van der Waals surface area contributed by atoms with Crippen LogP contribution in [0.5, 0.6) is 5.75 Å². The van der Waals surface area contributed by atoms with Crippen molar-refractivity contribution >= 4 is 11.8 Å². The van der Waals surface area contributed by atoms with Gasteiger partial charge in [0.15, 0.2) is 0 Å². The van der Waals surface area contributed by atoms with Crippen molar-refractivity contribution in [3.63, 3.8) is 0 Å². The van der Waals surface area contributed by atoms with Crippen molar-refractivity contribution in [2.24, 2.45) is 0 Å². The number of nitrogens with zero attached hydrogens (tertiary/aromatic N) is 2. The van der Waals surface area contributed by atoms with Crippen molar-refractivity contribution in [3.05, 3.63) is 29.3 Å². The van der Waals surface area contributed by atoms with Crippen LogP contribution in [0.2, 0.25) is 0 Å². The smallest absolute Gasteiger partial charge is 0.253 e. The monoisotopic (exact) mass is 304 g/mol. The first-order valence-corrected chi connectivity index (χ1v) is 7.81. The van der Waals surface area contributed by atoms with Crippen LogP contribution in [0.4, 0.5) is 0 Å². The Kier molecular flexibility index (Phi) is 5.41. The van der Waals surface area contributed by atoms with Gasteiger partial charge in [-0.2, -0.15) is 0 Å². The molecule has 5 nitrogen and oxygen atoms in total. The highest BCUT2D eigenvalue weighted by Crippen LogP contribution is 2.20. The lowest BCUT2D eigenvalue weighted by Gasteiger charge is -2.22. The summed E-state index contributed by atoms with van der Waals surface area (Å²) < 4.78 is 5.51. The molecule has 5 heteroatoms. The van der Waals surface area contributed by atoms with Gasteiger partial charge in [-0.15, -0.1) is 0 Å². The minimum absolute atomic E-state index is 0.0246. The molecular weight excluding hydrogens is 280 g/mol. The fraction of sp³-hybridized carbons (Fsp3) is 0.529. The van der Waals surface area contributed by atoms with Crippen LogP contribution in [-0.4, -0.2) is 54.4 Å². The largest absolute Gasteiger partial charge is 0.494 e. The van der Waals surface area contributed by atoms with Crippen LogP contribution >= 0.6 is 0 Å². The average Bonchev–Trinajstić information content (AvgIpc) is 2.75. The van der Waals surface area contributed by atoms with E-state index in [2.05, 4.69) is 0 Å². The topological polar surface area (TPSA) is 49.9 Å². The van der Waals surface area contributed by atoms with Crippen molar-refractivity contribution in [1.82, 2.24) is 9.80 Å². The van der Waals surface area contributed by atoms with E-state index in [0.717, 1.165) is 24.3 Å². The van der Waals surface area contributed by atoms with Gasteiger partial charge in [0, 0.05) is 38.7 Å². The van der Waals surface area contributed by atoms with Crippen LogP contribution < -0.4 is 4.74 Å². The molecule has 0 atom stereocenters. The summed E-state index contributed by atoms with van der Waals surface area (Å²) in [6.45, 7) is 8.69. The van der Waals surface area contributed by atoms with E-state index >= 15 is 0 Å². The van der Waals surface area contributed by atoms with Gasteiger partial charge < -0.3 is 14.5 Å². The molecule has 2 rings (SSSR count). The van der Waals surface area contributed by atoms with E-state index in [0.29, 0.717) is 31.8 Å². The van der Waals surface area contributed by atoms with E-state index in [1.165, 1.54) is 0 Å². The molecule has 1 aliphatic heterocycles. The first kappa shape index (κ1) is 16.3. The summed E-state index contributed by atoms with van der Waals surface area (Å²) in [7, 11) is 0. The predicted molar refractivity (Wildman–Crippen MR) is 85.1 cm³/mol. The quantitative estimate of drug-likeness (QED) is 0.859. The molecule has 0 N–H and O–H groups in total. The minimum atomic E-state index is 0.0246. The summed E-state index contributed by atoms with van der Waals surface area (Å²) in [5, 5.41) is 0. The third-order valence-electron chi connectivity index (χ3n) is 3.95. The molecule has 1 saturated heterocycles. The Bertz CT molecular complexity index is 557. The van der Waals surface area contributed by atoms with Crippen molar-refractivity contribution in [2.75, 3.05) is 32.8 Å². The summed E-state index contributed by atoms with van der Waals surface area (Å²) in [5.41, 5.74) is 1.64. The van der Waals surface area contributed by atoms with Gasteiger partial charge in [-0.05, 0) is 44.0 Å². The van der Waals surface area contributed by atoms with Crippen LogP contribution in [0.1, 0.15) is 36.2 Å². The third-order valence-corrected chi connectivity index (χ3v) is 3.95. The molecule has 2 amide bonds. The second kappa shape index (κ2) is 7.29. The Labute approximate surface area is 131 Å². The molecule has 1 fully saturated rings. The van der Waals surface area contributed by atoms with Crippen molar-refractivity contribution in [3.8, 4) is 5.75 Å². The minimum Gasteiger partial charge on any atom is -0.494 e. The molecule has 0 radical (unpaired) electrons. The number of rotatable bonds is 3. The molecule has 0 aliphatic carbocycles. The molecule has 1 aromatic carbocycles. The number of aryl methyl sites for hydroxylation is 1. The summed E-state index contributed by atoms with van der Waals surface area (Å²) in [5.74, 6) is 0.917. The molecule has 1 heterocycles. The number of amides is 2. The summed E-state index contributed by atoms with van der Waals surface area (Å²) in [4.78, 5) is 27.7. The van der Waals surface area contributed by atoms with E-state index in [-0.39, 0.29) is 11.8 Å². The molecule has 1 aliphatic rings. The fourth-order valence-electron chi connectivity index (χ4n) is 2.72. The average molecular weight is 304 g/mol. The Hall–Kier alpha value is -2.04. The molecule has 120 valence electrons. The zero-order valence-electron chi connectivity index (χ0n) is 13.6. The number of benzene rings is 1. The lowest BCUT2D eigenvalue weighted by molar-refractivity contribution is -0.128. The van der Waals surface area contributed by atoms with Gasteiger partial charge in [-0.3, -0.25) is 9.59 Å². The fourth-order valence-corrected chi connectivity index (χ4v) is 2.72. The Morgan fingerprint density at radius 1 is 1.14 bits per heavy atom. The molecule has 0 unspecified atom stereocenters. The molecule has 0 saturated carbocycles. The lowest BCUT2D eigenvalue weighted by atomic mass is 10.1. The van der Waals surface area contributed by atoms with Crippen molar-refractivity contribution in [2.45, 2.75) is 27.2 Å². The predicted octanol–water partition coefficient (Wildman–Crippen LogP) is 2.09. The highest BCUT2D eigenvalue weighted by molar-refractivity contribution is 5.94. The van der Waals surface area contributed by atoms with E-state index in [9.17, 15) is 9.59 Å². The van der Waals surface area contributed by atoms with Gasteiger partial charge in [0.05, 0.1) is 6.61 Å². The first-order valence-electron chi connectivity index (χ1n) is 7.81. The molecule has 0 spiro atoms. The number of ether oxygens (including phenoxy) is 1. The number of carbonyl (C=O) groups excluding carboxylic acids is 2. The molecule has 0 aromatic heterocycles. The Morgan fingerprint density at radius 3 is 2.45 bits per heavy atom. The summed E-state index contributed by atoms with van der Waals surface area (Å²) in [6, 6.07) is 5.54. The summed E-state index contributed by atoms with van der Waals surface area (Å²) in [6.07, 6.45) is 0.821. The second-order valence-corrected chi connectivity index (χ2v) is 5.57. The van der Waals surface area contributed by atoms with E-state index in [4.69, 9.17) is 4.74 Å². The number of carbonyl (C=O) groups is 2. The van der Waals surface area contributed by atoms with Crippen LogP contribution in [0, 0.1) is 6.92 Å². The number of hydrogen-bond acceptors (Lipinski definition) is 3. The zero-order chi connectivity index (χ0) is 16.1. The van der Waals surface area contributed by atoms with Gasteiger partial charge in [-0.25, -0.2) is 0 Å². The van der Waals surface area contributed by atoms with Crippen LogP contribution in [0.15, 0.2) is 18.2 Å².